The Morgan fingerprint density at radius 2 is 2.24 bits per heavy atom. The minimum absolute atomic E-state index is 0.147. The van der Waals surface area contributed by atoms with E-state index in [-0.39, 0.29) is 32.2 Å². The van der Waals surface area contributed by atoms with Crippen molar-refractivity contribution < 1.29 is 19.4 Å². The topological polar surface area (TPSA) is 103 Å². The van der Waals surface area contributed by atoms with Gasteiger partial charge in [-0.15, -0.1) is 0 Å². The zero-order valence-electron chi connectivity index (χ0n) is 9.81. The molecule has 0 aliphatic carbocycles. The van der Waals surface area contributed by atoms with Gasteiger partial charge in [-0.1, -0.05) is 0 Å². The maximum Gasteiger partial charge on any atom is 0.329 e. The first-order valence-corrected chi connectivity index (χ1v) is 5.31. The Bertz CT molecular complexity index is 288. The van der Waals surface area contributed by atoms with E-state index in [0.717, 1.165) is 0 Å². The summed E-state index contributed by atoms with van der Waals surface area (Å²) in [5, 5.41) is 19.3. The summed E-state index contributed by atoms with van der Waals surface area (Å²) in [6, 6.07) is 1.69. The number of hydrogen-bond donors (Lipinski definition) is 2. The molecule has 0 aromatic heterocycles. The third-order valence-electron chi connectivity index (χ3n) is 1.91. The molecule has 0 unspecified atom stereocenters. The normalized spacial score (nSPS) is 9.41. The highest BCUT2D eigenvalue weighted by Gasteiger charge is 2.09. The van der Waals surface area contributed by atoms with Gasteiger partial charge in [-0.05, 0) is 6.92 Å². The highest BCUT2D eigenvalue weighted by Crippen LogP contribution is 1.91. The number of carboxylic acids is 1. The molecule has 0 aromatic carbocycles. The van der Waals surface area contributed by atoms with Gasteiger partial charge in [0.25, 0.3) is 0 Å². The molecule has 0 heterocycles. The molecule has 0 rings (SSSR count). The van der Waals surface area contributed by atoms with Crippen LogP contribution < -0.4 is 5.32 Å². The van der Waals surface area contributed by atoms with Gasteiger partial charge < -0.3 is 20.1 Å². The Labute approximate surface area is 100.0 Å². The van der Waals surface area contributed by atoms with E-state index in [1.54, 1.807) is 0 Å². The smallest absolute Gasteiger partial charge is 0.329 e. The second-order valence-electron chi connectivity index (χ2n) is 3.17. The van der Waals surface area contributed by atoms with E-state index in [4.69, 9.17) is 15.1 Å². The monoisotopic (exact) mass is 243 g/mol. The van der Waals surface area contributed by atoms with Crippen molar-refractivity contribution in [3.8, 4) is 6.07 Å². The fourth-order valence-electron chi connectivity index (χ4n) is 1.09. The summed E-state index contributed by atoms with van der Waals surface area (Å²) in [4.78, 5) is 23.1. The van der Waals surface area contributed by atoms with Crippen LogP contribution in [0, 0.1) is 11.3 Å². The van der Waals surface area contributed by atoms with E-state index in [1.807, 2.05) is 13.0 Å². The third-order valence-corrected chi connectivity index (χ3v) is 1.91. The van der Waals surface area contributed by atoms with Gasteiger partial charge in [0.15, 0.2) is 0 Å². The number of nitrogens with one attached hydrogen (secondary N) is 1. The number of carbonyl (C=O) groups is 2. The number of carboxylic acid groups (broad SMARTS) is 1. The number of rotatable bonds is 8. The first-order valence-electron chi connectivity index (χ1n) is 5.31. The van der Waals surface area contributed by atoms with Crippen LogP contribution >= 0.6 is 0 Å². The Morgan fingerprint density at radius 3 is 2.76 bits per heavy atom. The predicted octanol–water partition coefficient (Wildman–Crippen LogP) is 0.0328. The lowest BCUT2D eigenvalue weighted by atomic mass is 10.4. The molecule has 2 amide bonds. The summed E-state index contributed by atoms with van der Waals surface area (Å²) >= 11 is 0. The van der Waals surface area contributed by atoms with E-state index in [0.29, 0.717) is 13.1 Å². The van der Waals surface area contributed by atoms with Crippen LogP contribution in [0.1, 0.15) is 13.3 Å². The van der Waals surface area contributed by atoms with E-state index in [9.17, 15) is 9.59 Å². The molecule has 0 atom stereocenters. The fraction of sp³-hybridized carbons (Fsp3) is 0.700. The molecule has 0 spiro atoms. The average molecular weight is 243 g/mol. The van der Waals surface area contributed by atoms with Gasteiger partial charge in [-0.25, -0.2) is 9.59 Å². The SMILES string of the molecule is CCN(CCC#N)C(=O)NCCOCC(=O)O. The van der Waals surface area contributed by atoms with Gasteiger partial charge >= 0.3 is 12.0 Å². The molecule has 7 heteroatoms. The van der Waals surface area contributed by atoms with Gasteiger partial charge in [-0.2, -0.15) is 5.26 Å². The van der Waals surface area contributed by atoms with E-state index in [1.165, 1.54) is 4.90 Å². The molecule has 96 valence electrons. The van der Waals surface area contributed by atoms with Crippen molar-refractivity contribution in [3.63, 3.8) is 0 Å². The summed E-state index contributed by atoms with van der Waals surface area (Å²) in [6.07, 6.45) is 0.288. The van der Waals surface area contributed by atoms with Gasteiger partial charge in [0.2, 0.25) is 0 Å². The summed E-state index contributed by atoms with van der Waals surface area (Å²) in [5.74, 6) is -1.04. The van der Waals surface area contributed by atoms with E-state index < -0.39 is 5.97 Å². The quantitative estimate of drug-likeness (QED) is 0.585. The molecule has 0 radical (unpaired) electrons. The molecule has 0 saturated carbocycles. The van der Waals surface area contributed by atoms with Crippen LogP contribution in [-0.4, -0.2) is 54.9 Å². The molecular weight excluding hydrogens is 226 g/mol. The lowest BCUT2D eigenvalue weighted by Gasteiger charge is -2.19. The number of carbonyl (C=O) groups excluding carboxylic acids is 1. The summed E-state index contributed by atoms with van der Waals surface area (Å²) in [6.45, 7) is 2.74. The third kappa shape index (κ3) is 8.04. The van der Waals surface area contributed by atoms with Gasteiger partial charge in [0, 0.05) is 19.6 Å². The highest BCUT2D eigenvalue weighted by atomic mass is 16.5. The Morgan fingerprint density at radius 1 is 1.53 bits per heavy atom. The summed E-state index contributed by atoms with van der Waals surface area (Å²) < 4.78 is 4.75. The Balaban J connectivity index is 3.68. The predicted molar refractivity (Wildman–Crippen MR) is 59.3 cm³/mol. The molecule has 0 saturated heterocycles. The lowest BCUT2D eigenvalue weighted by Crippen LogP contribution is -2.41. The number of nitriles is 1. The first kappa shape index (κ1) is 15.2. The van der Waals surface area contributed by atoms with Crippen LogP contribution in [-0.2, 0) is 9.53 Å². The fourth-order valence-corrected chi connectivity index (χ4v) is 1.09. The van der Waals surface area contributed by atoms with Crippen molar-refractivity contribution in [3.05, 3.63) is 0 Å². The van der Waals surface area contributed by atoms with Crippen LogP contribution in [0.25, 0.3) is 0 Å². The molecule has 2 N–H and O–H groups in total. The summed E-state index contributed by atoms with van der Waals surface area (Å²) in [7, 11) is 0. The Kier molecular flexibility index (Phi) is 8.42. The maximum absolute atomic E-state index is 11.5. The molecule has 7 nitrogen and oxygen atoms in total. The highest BCUT2D eigenvalue weighted by molar-refractivity contribution is 5.74. The summed E-state index contributed by atoms with van der Waals surface area (Å²) in [5.41, 5.74) is 0. The second kappa shape index (κ2) is 9.42. The van der Waals surface area contributed by atoms with Crippen molar-refractivity contribution >= 4 is 12.0 Å². The number of ether oxygens (including phenoxy) is 1. The maximum atomic E-state index is 11.5. The van der Waals surface area contributed by atoms with Crippen molar-refractivity contribution in [1.82, 2.24) is 10.2 Å². The standard InChI is InChI=1S/C10H17N3O4/c1-2-13(6-3-4-11)10(16)12-5-7-17-8-9(14)15/h2-3,5-8H2,1H3,(H,12,16)(H,14,15). The van der Waals surface area contributed by atoms with Crippen molar-refractivity contribution in [1.29, 1.82) is 5.26 Å². The van der Waals surface area contributed by atoms with Gasteiger partial charge in [0.05, 0.1) is 19.1 Å². The van der Waals surface area contributed by atoms with Crippen LogP contribution in [0.5, 0.6) is 0 Å². The molecule has 0 aromatic rings. The lowest BCUT2D eigenvalue weighted by molar-refractivity contribution is -0.142. The molecule has 17 heavy (non-hydrogen) atoms. The molecule has 0 aliphatic rings. The zero-order chi connectivity index (χ0) is 13.1. The average Bonchev–Trinajstić information content (AvgIpc) is 2.29. The van der Waals surface area contributed by atoms with E-state index >= 15 is 0 Å². The van der Waals surface area contributed by atoms with Crippen molar-refractivity contribution in [2.45, 2.75) is 13.3 Å². The number of urea groups is 1. The molecule has 0 bridgehead atoms. The first-order chi connectivity index (χ1) is 8.11. The minimum Gasteiger partial charge on any atom is -0.480 e. The molecule has 0 fully saturated rings. The largest absolute Gasteiger partial charge is 0.480 e. The number of aliphatic carboxylic acids is 1. The van der Waals surface area contributed by atoms with Crippen LogP contribution in [0.2, 0.25) is 0 Å². The molecular formula is C10H17N3O4. The van der Waals surface area contributed by atoms with E-state index in [2.05, 4.69) is 5.32 Å². The zero-order valence-corrected chi connectivity index (χ0v) is 9.81. The second-order valence-corrected chi connectivity index (χ2v) is 3.17. The van der Waals surface area contributed by atoms with Gasteiger partial charge in [-0.3, -0.25) is 0 Å². The van der Waals surface area contributed by atoms with Crippen LogP contribution in [0.15, 0.2) is 0 Å². The minimum atomic E-state index is -1.04. The van der Waals surface area contributed by atoms with Crippen LogP contribution in [0.3, 0.4) is 0 Å². The Hall–Kier alpha value is -1.81. The van der Waals surface area contributed by atoms with Crippen molar-refractivity contribution in [2.24, 2.45) is 0 Å². The van der Waals surface area contributed by atoms with Crippen LogP contribution in [0.4, 0.5) is 4.79 Å². The van der Waals surface area contributed by atoms with Gasteiger partial charge in [0.1, 0.15) is 6.61 Å². The number of amides is 2. The van der Waals surface area contributed by atoms with Crippen molar-refractivity contribution in [2.75, 3.05) is 32.8 Å². The number of hydrogen-bond acceptors (Lipinski definition) is 4. The molecule has 0 aliphatic heterocycles. The number of nitrogens with zero attached hydrogens (tertiary/aromatic N) is 2.